The van der Waals surface area contributed by atoms with Crippen molar-refractivity contribution in [3.8, 4) is 50.6 Å². The van der Waals surface area contributed by atoms with E-state index >= 15 is 0 Å². The smallest absolute Gasteiger partial charge is 0.311 e. The summed E-state index contributed by atoms with van der Waals surface area (Å²) in [5, 5.41) is 11.5. The van der Waals surface area contributed by atoms with E-state index in [2.05, 4.69) is 141 Å². The summed E-state index contributed by atoms with van der Waals surface area (Å²) in [6.07, 6.45) is 7.71. The van der Waals surface area contributed by atoms with Crippen molar-refractivity contribution >= 4 is 34.6 Å². The van der Waals surface area contributed by atoms with E-state index in [9.17, 15) is 22.8 Å². The molecule has 10 aromatic rings. The molecule has 534 valence electrons. The lowest BCUT2D eigenvalue weighted by Crippen LogP contribution is -2.36. The first-order valence-corrected chi connectivity index (χ1v) is 34.0. The summed E-state index contributed by atoms with van der Waals surface area (Å²) in [7, 11) is 1.38. The van der Waals surface area contributed by atoms with Gasteiger partial charge in [0.15, 0.2) is 0 Å². The summed E-state index contributed by atoms with van der Waals surface area (Å²) in [6.45, 7) is 14.4. The average Bonchev–Trinajstić information content (AvgIpc) is 0.905. The van der Waals surface area contributed by atoms with E-state index < -0.39 is 5.95 Å². The van der Waals surface area contributed by atoms with Crippen LogP contribution in [0.15, 0.2) is 219 Å². The van der Waals surface area contributed by atoms with Crippen LogP contribution >= 0.6 is 0 Å². The van der Waals surface area contributed by atoms with Crippen molar-refractivity contribution in [2.45, 2.75) is 39.8 Å². The summed E-state index contributed by atoms with van der Waals surface area (Å²) >= 11 is 0. The van der Waals surface area contributed by atoms with Gasteiger partial charge in [-0.25, -0.2) is 13.8 Å². The van der Waals surface area contributed by atoms with Gasteiger partial charge < -0.3 is 54.3 Å². The molecule has 0 saturated carbocycles. The van der Waals surface area contributed by atoms with E-state index in [0.717, 1.165) is 167 Å². The van der Waals surface area contributed by atoms with Crippen molar-refractivity contribution < 1.29 is 46.4 Å². The van der Waals surface area contributed by atoms with Crippen molar-refractivity contribution in [3.63, 3.8) is 0 Å². The normalized spacial score (nSPS) is 14.0. The molecule has 0 aliphatic carbocycles. The first kappa shape index (κ1) is 76.3. The van der Waals surface area contributed by atoms with E-state index in [0.29, 0.717) is 30.9 Å². The number of benzene rings is 6. The zero-order chi connectivity index (χ0) is 71.1. The van der Waals surface area contributed by atoms with Crippen LogP contribution in [0.25, 0.3) is 44.5 Å². The van der Waals surface area contributed by atoms with Crippen LogP contribution < -0.4 is 30.7 Å². The van der Waals surface area contributed by atoms with Crippen LogP contribution in [0, 0.1) is 28.9 Å². The number of nitrogens with two attached hydrogens (primary N) is 1. The minimum absolute atomic E-state index is 0. The second-order valence-corrected chi connectivity index (χ2v) is 24.1. The van der Waals surface area contributed by atoms with Gasteiger partial charge in [0, 0.05) is 141 Å². The summed E-state index contributed by atoms with van der Waals surface area (Å²) in [5.41, 5.74) is 22.3. The van der Waals surface area contributed by atoms with Crippen molar-refractivity contribution in [1.82, 2.24) is 25.3 Å². The number of esters is 1. The Morgan fingerprint density at radius 2 is 0.777 bits per heavy atom. The number of nitriles is 1. The Kier molecular flexibility index (Phi) is 30.0. The highest BCUT2D eigenvalue weighted by atomic mass is 19.1. The van der Waals surface area contributed by atoms with Crippen LogP contribution in [-0.2, 0) is 65.6 Å². The second kappa shape index (κ2) is 40.5. The third-order valence-corrected chi connectivity index (χ3v) is 17.2. The Balaban J connectivity index is 0.000000154. The predicted molar refractivity (Wildman–Crippen MR) is 399 cm³/mol. The van der Waals surface area contributed by atoms with E-state index in [1.54, 1.807) is 48.9 Å². The number of pyridine rings is 4. The molecule has 0 atom stereocenters. The Bertz CT molecular complexity index is 4210. The lowest BCUT2D eigenvalue weighted by atomic mass is 10.1. The first-order valence-electron chi connectivity index (χ1n) is 34.0. The van der Waals surface area contributed by atoms with Crippen LogP contribution in [0.4, 0.5) is 35.9 Å². The lowest BCUT2D eigenvalue weighted by molar-refractivity contribution is -0.139. The number of nitrogens with one attached hydrogen (secondary N) is 1. The number of nitrogens with zero attached hydrogens (tertiary/aromatic N) is 9. The molecule has 0 unspecified atom stereocenters. The second-order valence-electron chi connectivity index (χ2n) is 24.1. The van der Waals surface area contributed by atoms with Crippen molar-refractivity contribution in [1.29, 1.82) is 5.26 Å². The molecular formula is C82H88F3N11O7. The van der Waals surface area contributed by atoms with Crippen molar-refractivity contribution in [2.75, 3.05) is 132 Å². The molecule has 1 amide bonds. The van der Waals surface area contributed by atoms with Crippen LogP contribution in [0.1, 0.15) is 35.6 Å². The maximum absolute atomic E-state index is 13.2. The number of amides is 1. The van der Waals surface area contributed by atoms with Crippen LogP contribution in [0.3, 0.4) is 0 Å². The van der Waals surface area contributed by atoms with E-state index in [1.165, 1.54) is 60.2 Å². The minimum Gasteiger partial charge on any atom is -0.469 e. The molecule has 18 nitrogen and oxygen atoms in total. The molecule has 0 spiro atoms. The number of morpholine rings is 4. The SMILES string of the molecule is C.COC(=O)Cc1ccc(-c2ccc(N3CCOCC3)cc2)cn1.Fc1ccc(-c2ccc(N3CCOCC3)cc2)cn1.N#CCc1ccc(-c2ccc(N3CCOCC3)cc2)cn1.NCc1cccc(F)c1.O=C(Cc1ccc(-c2ccc(N3CCOCC3)cc2)cn1)NCc1cccc(F)c1. The van der Waals surface area contributed by atoms with Gasteiger partial charge in [0.2, 0.25) is 11.9 Å². The summed E-state index contributed by atoms with van der Waals surface area (Å²) in [6, 6.07) is 63.0. The quantitative estimate of drug-likeness (QED) is 0.0681. The fraction of sp³-hybridized carbons (Fsp3) is 0.280. The first-order chi connectivity index (χ1) is 49.9. The molecule has 14 rings (SSSR count). The maximum Gasteiger partial charge on any atom is 0.311 e. The van der Waals surface area contributed by atoms with Gasteiger partial charge in [-0.2, -0.15) is 9.65 Å². The van der Waals surface area contributed by atoms with Crippen molar-refractivity contribution in [2.24, 2.45) is 5.73 Å². The molecule has 4 saturated heterocycles. The third kappa shape index (κ3) is 24.2. The van der Waals surface area contributed by atoms with E-state index in [1.807, 2.05) is 54.7 Å². The molecule has 4 fully saturated rings. The van der Waals surface area contributed by atoms with Crippen LogP contribution in [0.5, 0.6) is 0 Å². The number of anilines is 4. The van der Waals surface area contributed by atoms with Gasteiger partial charge in [-0.3, -0.25) is 24.5 Å². The van der Waals surface area contributed by atoms with Gasteiger partial charge >= 0.3 is 5.97 Å². The number of rotatable bonds is 16. The molecule has 21 heteroatoms. The maximum atomic E-state index is 13.2. The number of carbonyl (C=O) groups is 2. The topological polar surface area (TPSA) is 207 Å². The summed E-state index contributed by atoms with van der Waals surface area (Å²) < 4.78 is 64.4. The molecule has 0 radical (unpaired) electrons. The number of hydrogen-bond acceptors (Lipinski definition) is 17. The molecule has 3 N–H and O–H groups in total. The lowest BCUT2D eigenvalue weighted by Gasteiger charge is -2.28. The fourth-order valence-corrected chi connectivity index (χ4v) is 11.4. The molecule has 0 bridgehead atoms. The number of halogens is 3. The van der Waals surface area contributed by atoms with Gasteiger partial charge in [0.05, 0.1) is 96.7 Å². The number of carbonyl (C=O) groups excluding carboxylic acids is 2. The van der Waals surface area contributed by atoms with Gasteiger partial charge in [-0.05, 0) is 137 Å². The Hall–Kier alpha value is -10.9. The minimum atomic E-state index is -0.450. The Morgan fingerprint density at radius 3 is 1.09 bits per heavy atom. The molecule has 103 heavy (non-hydrogen) atoms. The van der Waals surface area contributed by atoms with E-state index in [-0.39, 0.29) is 43.8 Å². The third-order valence-electron chi connectivity index (χ3n) is 17.2. The number of hydrogen-bond donors (Lipinski definition) is 2. The van der Waals surface area contributed by atoms with Gasteiger partial charge in [0.25, 0.3) is 0 Å². The Morgan fingerprint density at radius 1 is 0.447 bits per heavy atom. The molecular weight excluding hydrogens is 1310 g/mol. The molecule has 6 aromatic carbocycles. The zero-order valence-electron chi connectivity index (χ0n) is 57.2. The van der Waals surface area contributed by atoms with Crippen LogP contribution in [-0.4, -0.2) is 144 Å². The number of ether oxygens (including phenoxy) is 5. The van der Waals surface area contributed by atoms with Crippen molar-refractivity contribution in [3.05, 3.63) is 265 Å². The van der Waals surface area contributed by atoms with Gasteiger partial charge in [0.1, 0.15) is 11.6 Å². The molecule has 8 heterocycles. The highest BCUT2D eigenvalue weighted by molar-refractivity contribution is 5.78. The van der Waals surface area contributed by atoms with Gasteiger partial charge in [-0.15, -0.1) is 0 Å². The van der Waals surface area contributed by atoms with Gasteiger partial charge in [-0.1, -0.05) is 98.4 Å². The standard InChI is InChI=1S/C24H24FN3O2.C18H20N2O3.C17H17N3O.C15H15FN2O.C7H8FN.CH4/c25-21-3-1-2-18(14-21)16-27-24(29)15-22-7-4-20(17-26-22)19-5-8-23(9-6-19)28-10-12-30-13-11-28;1-22-18(21)12-16-5-2-15(13-19-16)14-3-6-17(7-4-14)20-8-10-23-11-9-20;18-8-7-16-4-1-15(13-19-16)14-2-5-17(6-3-14)20-9-11-21-12-10-20;16-15-6-3-13(11-17-15)12-1-4-14(5-2-12)18-7-9-19-10-8-18;8-7-3-1-2-6(4-7)5-9;/h1-9,14,17H,10-13,15-16H2,(H,27,29);2-7,13H,8-12H2,1H3;1-6,13H,7,9-12H2;1-6,11H,7-10H2;1-4H,5,9H2;1H4. The van der Waals surface area contributed by atoms with E-state index in [4.69, 9.17) is 29.9 Å². The highest BCUT2D eigenvalue weighted by Gasteiger charge is 2.16. The van der Waals surface area contributed by atoms with Crippen LogP contribution in [0.2, 0.25) is 0 Å². The Labute approximate surface area is 601 Å². The molecule has 4 aliphatic heterocycles. The largest absolute Gasteiger partial charge is 0.469 e. The number of methoxy groups -OCH3 is 1. The summed E-state index contributed by atoms with van der Waals surface area (Å²) in [5.74, 6) is -1.40. The monoisotopic (exact) mass is 1400 g/mol. The predicted octanol–water partition coefficient (Wildman–Crippen LogP) is 13.2. The highest BCUT2D eigenvalue weighted by Crippen LogP contribution is 2.28. The molecule has 4 aromatic heterocycles. The summed E-state index contributed by atoms with van der Waals surface area (Å²) in [4.78, 5) is 49.4. The fourth-order valence-electron chi connectivity index (χ4n) is 11.4. The number of aromatic nitrogens is 4. The molecule has 4 aliphatic rings. The zero-order valence-corrected chi connectivity index (χ0v) is 57.2. The average molecular weight is 1400 g/mol.